The normalized spacial score (nSPS) is 12.5. The fourth-order valence-corrected chi connectivity index (χ4v) is 4.27. The molecule has 38 heavy (non-hydrogen) atoms. The highest BCUT2D eigenvalue weighted by Crippen LogP contribution is 2.32. The Balaban J connectivity index is 1.68. The van der Waals surface area contributed by atoms with Gasteiger partial charge in [0.25, 0.3) is 11.4 Å². The van der Waals surface area contributed by atoms with Crippen LogP contribution in [0.15, 0.2) is 97.1 Å². The zero-order valence-corrected chi connectivity index (χ0v) is 20.2. The van der Waals surface area contributed by atoms with Crippen LogP contribution >= 0.6 is 0 Å². The molecule has 0 fully saturated rings. The molecule has 0 aliphatic carbocycles. The molecule has 194 valence electrons. The molecule has 10 heteroatoms. The predicted molar refractivity (Wildman–Crippen MR) is 142 cm³/mol. The molecule has 0 aromatic heterocycles. The monoisotopic (exact) mass is 514 g/mol. The second-order valence-corrected chi connectivity index (χ2v) is 8.68. The Labute approximate surface area is 218 Å². The zero-order chi connectivity index (χ0) is 27.1. The molecule has 4 aromatic carbocycles. The Morgan fingerprint density at radius 2 is 0.974 bits per heavy atom. The van der Waals surface area contributed by atoms with Gasteiger partial charge in [-0.05, 0) is 23.3 Å². The highest BCUT2D eigenvalue weighted by Gasteiger charge is 2.25. The van der Waals surface area contributed by atoms with Gasteiger partial charge in [-0.15, -0.1) is 0 Å². The predicted octanol–water partition coefficient (Wildman–Crippen LogP) is 5.28. The number of rotatable bonds is 11. The van der Waals surface area contributed by atoms with Crippen LogP contribution in [0.1, 0.15) is 34.3 Å². The van der Waals surface area contributed by atoms with Gasteiger partial charge in [0.2, 0.25) is 0 Å². The topological polar surface area (TPSA) is 151 Å². The summed E-state index contributed by atoms with van der Waals surface area (Å²) in [5, 5.41) is 50.1. The number of aromatic hydroxyl groups is 2. The lowest BCUT2D eigenvalue weighted by molar-refractivity contribution is -0.385. The van der Waals surface area contributed by atoms with Crippen molar-refractivity contribution in [1.29, 1.82) is 0 Å². The van der Waals surface area contributed by atoms with Crippen molar-refractivity contribution in [2.45, 2.75) is 25.2 Å². The number of hydrogen-bond acceptors (Lipinski definition) is 8. The van der Waals surface area contributed by atoms with Crippen molar-refractivity contribution in [3.05, 3.63) is 140 Å². The van der Waals surface area contributed by atoms with Gasteiger partial charge >= 0.3 is 0 Å². The molecule has 0 unspecified atom stereocenters. The third-order valence-corrected chi connectivity index (χ3v) is 6.22. The Bertz CT molecular complexity index is 1310. The minimum atomic E-state index is -0.516. The number of nitrogens with zero attached hydrogens (tertiary/aromatic N) is 2. The van der Waals surface area contributed by atoms with Crippen LogP contribution in [0.5, 0.6) is 11.5 Å². The van der Waals surface area contributed by atoms with Gasteiger partial charge in [-0.2, -0.15) is 0 Å². The fourth-order valence-electron chi connectivity index (χ4n) is 4.27. The first-order valence-electron chi connectivity index (χ1n) is 11.8. The van der Waals surface area contributed by atoms with Crippen molar-refractivity contribution in [2.75, 3.05) is 0 Å². The van der Waals surface area contributed by atoms with Gasteiger partial charge in [0, 0.05) is 48.5 Å². The fraction of sp³-hybridized carbons (Fsp3) is 0.143. The van der Waals surface area contributed by atoms with Crippen molar-refractivity contribution < 1.29 is 20.1 Å². The van der Waals surface area contributed by atoms with E-state index in [0.29, 0.717) is 11.1 Å². The van der Waals surface area contributed by atoms with E-state index in [-0.39, 0.29) is 36.0 Å². The minimum Gasteiger partial charge on any atom is -0.508 e. The Hall–Kier alpha value is -4.80. The number of nitrogens with one attached hydrogen (secondary N) is 2. The third kappa shape index (κ3) is 6.30. The lowest BCUT2D eigenvalue weighted by atomic mass is 9.92. The summed E-state index contributed by atoms with van der Waals surface area (Å²) in [5.74, 6) is -0.138. The number of phenols is 2. The standard InChI is InChI=1S/C28H26N4O6/c33-25-13-11-23(31(35)36)15-21(25)17-29-27(19-7-3-1-4-8-19)28(20-9-5-2-6-10-20)30-18-22-16-24(32(37)38)12-14-26(22)34/h1-16,27-30,33-34H,17-18H2/t27-,28-/m0/s1. The first-order valence-corrected chi connectivity index (χ1v) is 11.8. The molecule has 0 heterocycles. The van der Waals surface area contributed by atoms with Crippen molar-refractivity contribution in [3.63, 3.8) is 0 Å². The lowest BCUT2D eigenvalue weighted by Crippen LogP contribution is -2.35. The first kappa shape index (κ1) is 26.3. The van der Waals surface area contributed by atoms with E-state index in [4.69, 9.17) is 0 Å². The molecule has 0 spiro atoms. The van der Waals surface area contributed by atoms with Crippen LogP contribution in [0.4, 0.5) is 11.4 Å². The van der Waals surface area contributed by atoms with E-state index < -0.39 is 21.9 Å². The average Bonchev–Trinajstić information content (AvgIpc) is 2.93. The zero-order valence-electron chi connectivity index (χ0n) is 20.2. The van der Waals surface area contributed by atoms with E-state index >= 15 is 0 Å². The van der Waals surface area contributed by atoms with E-state index in [1.54, 1.807) is 0 Å². The van der Waals surface area contributed by atoms with Gasteiger partial charge in [-0.1, -0.05) is 60.7 Å². The molecule has 4 N–H and O–H groups in total. The molecule has 4 rings (SSSR count). The Morgan fingerprint density at radius 1 is 0.605 bits per heavy atom. The second-order valence-electron chi connectivity index (χ2n) is 8.68. The summed E-state index contributed by atoms with van der Waals surface area (Å²) >= 11 is 0. The maximum absolute atomic E-state index is 11.3. The van der Waals surface area contributed by atoms with Gasteiger partial charge in [-0.3, -0.25) is 20.2 Å². The van der Waals surface area contributed by atoms with Crippen molar-refractivity contribution in [3.8, 4) is 11.5 Å². The smallest absolute Gasteiger partial charge is 0.270 e. The van der Waals surface area contributed by atoms with Crippen LogP contribution in [0.25, 0.3) is 0 Å². The number of phenolic OH excluding ortho intramolecular Hbond substituents is 2. The lowest BCUT2D eigenvalue weighted by Gasteiger charge is -2.30. The summed E-state index contributed by atoms with van der Waals surface area (Å²) in [6.45, 7) is 0.250. The number of benzene rings is 4. The third-order valence-electron chi connectivity index (χ3n) is 6.22. The quantitative estimate of drug-likeness (QED) is 0.156. The SMILES string of the molecule is O=[N+]([O-])c1ccc(O)c(CN[C@@H](c2ccccc2)[C@@H](NCc2cc([N+](=O)[O-])ccc2O)c2ccccc2)c1. The molecular weight excluding hydrogens is 488 g/mol. The maximum atomic E-state index is 11.3. The van der Waals surface area contributed by atoms with E-state index in [9.17, 15) is 30.4 Å². The van der Waals surface area contributed by atoms with Gasteiger partial charge < -0.3 is 20.8 Å². The Morgan fingerprint density at radius 3 is 1.32 bits per heavy atom. The first-order chi connectivity index (χ1) is 18.3. The molecule has 4 aromatic rings. The molecule has 0 aliphatic rings. The molecule has 10 nitrogen and oxygen atoms in total. The van der Waals surface area contributed by atoms with Crippen molar-refractivity contribution in [1.82, 2.24) is 10.6 Å². The summed E-state index contributed by atoms with van der Waals surface area (Å²) in [4.78, 5) is 21.5. The van der Waals surface area contributed by atoms with E-state index in [0.717, 1.165) is 11.1 Å². The van der Waals surface area contributed by atoms with Crippen molar-refractivity contribution >= 4 is 11.4 Å². The molecule has 0 radical (unpaired) electrons. The summed E-state index contributed by atoms with van der Waals surface area (Å²) in [7, 11) is 0. The molecule has 0 aliphatic heterocycles. The van der Waals surface area contributed by atoms with E-state index in [2.05, 4.69) is 10.6 Å². The number of non-ortho nitro benzene ring substituents is 2. The summed E-state index contributed by atoms with van der Waals surface area (Å²) in [6, 6.07) is 26.1. The van der Waals surface area contributed by atoms with Crippen LogP contribution in [0, 0.1) is 20.2 Å². The summed E-state index contributed by atoms with van der Waals surface area (Å²) < 4.78 is 0. The van der Waals surface area contributed by atoms with Crippen LogP contribution in [0.3, 0.4) is 0 Å². The number of nitro benzene ring substituents is 2. The largest absolute Gasteiger partial charge is 0.508 e. The van der Waals surface area contributed by atoms with Crippen LogP contribution in [0.2, 0.25) is 0 Å². The van der Waals surface area contributed by atoms with E-state index in [1.807, 2.05) is 60.7 Å². The van der Waals surface area contributed by atoms with E-state index in [1.165, 1.54) is 36.4 Å². The maximum Gasteiger partial charge on any atom is 0.270 e. The van der Waals surface area contributed by atoms with Crippen LogP contribution in [-0.4, -0.2) is 20.1 Å². The molecule has 0 bridgehead atoms. The summed E-state index contributed by atoms with van der Waals surface area (Å²) in [6.07, 6.45) is 0. The highest BCUT2D eigenvalue weighted by molar-refractivity contribution is 5.44. The highest BCUT2D eigenvalue weighted by atomic mass is 16.6. The van der Waals surface area contributed by atoms with Gasteiger partial charge in [0.1, 0.15) is 11.5 Å². The molecule has 0 saturated carbocycles. The van der Waals surface area contributed by atoms with Crippen LogP contribution < -0.4 is 10.6 Å². The average molecular weight is 515 g/mol. The van der Waals surface area contributed by atoms with Gasteiger partial charge in [0.15, 0.2) is 0 Å². The summed E-state index contributed by atoms with van der Waals surface area (Å²) in [5.41, 5.74) is 2.28. The molecular formula is C28H26N4O6. The molecule has 0 saturated heterocycles. The van der Waals surface area contributed by atoms with Crippen molar-refractivity contribution in [2.24, 2.45) is 0 Å². The minimum absolute atomic E-state index is 0.0688. The van der Waals surface area contributed by atoms with Crippen LogP contribution in [-0.2, 0) is 13.1 Å². The molecule has 2 atom stereocenters. The number of nitro groups is 2. The van der Waals surface area contributed by atoms with Gasteiger partial charge in [-0.25, -0.2) is 0 Å². The number of hydrogen-bond donors (Lipinski definition) is 4. The second kappa shape index (κ2) is 12.0. The molecule has 0 amide bonds. The Kier molecular flexibility index (Phi) is 8.27. The van der Waals surface area contributed by atoms with Gasteiger partial charge in [0.05, 0.1) is 21.9 Å².